The molecule has 3 heteroatoms. The lowest BCUT2D eigenvalue weighted by Gasteiger charge is -2.14. The normalized spacial score (nSPS) is 14.3. The summed E-state index contributed by atoms with van der Waals surface area (Å²) >= 11 is 0. The number of rotatable bonds is 4. The van der Waals surface area contributed by atoms with E-state index in [-0.39, 0.29) is 0 Å². The number of methoxy groups -OCH3 is 1. The van der Waals surface area contributed by atoms with Crippen LogP contribution in [-0.2, 0) is 4.74 Å². The molecule has 0 bridgehead atoms. The quantitative estimate of drug-likeness (QED) is 0.434. The molecule has 9 heavy (non-hydrogen) atoms. The molecule has 0 aromatic heterocycles. The van der Waals surface area contributed by atoms with E-state index < -0.39 is 0 Å². The topological polar surface area (TPSA) is 38.5 Å². The van der Waals surface area contributed by atoms with Gasteiger partial charge >= 0.3 is 0 Å². The number of hydrazine groups is 1. The van der Waals surface area contributed by atoms with Crippen LogP contribution in [0.1, 0.15) is 6.92 Å². The molecule has 3 nitrogen and oxygen atoms in total. The largest absolute Gasteiger partial charge is 0.384 e. The maximum absolute atomic E-state index is 5.40. The molecule has 0 aromatic rings. The molecule has 0 radical (unpaired) electrons. The van der Waals surface area contributed by atoms with Gasteiger partial charge < -0.3 is 4.74 Å². The lowest BCUT2D eigenvalue weighted by Crippen LogP contribution is -2.32. The third kappa shape index (κ3) is 5.76. The van der Waals surface area contributed by atoms with Gasteiger partial charge in [0, 0.05) is 20.7 Å². The van der Waals surface area contributed by atoms with E-state index in [2.05, 4.69) is 6.92 Å². The second-order valence-corrected chi connectivity index (χ2v) is 2.50. The average Bonchev–Trinajstić information content (AvgIpc) is 1.63. The smallest absolute Gasteiger partial charge is 0.0500 e. The molecule has 0 aromatic carbocycles. The second-order valence-electron chi connectivity index (χ2n) is 2.50. The van der Waals surface area contributed by atoms with Crippen LogP contribution in [0.3, 0.4) is 0 Å². The zero-order valence-electron chi connectivity index (χ0n) is 6.42. The summed E-state index contributed by atoms with van der Waals surface area (Å²) in [7, 11) is 3.55. The molecule has 0 saturated heterocycles. The highest BCUT2D eigenvalue weighted by molar-refractivity contribution is 4.51. The van der Waals surface area contributed by atoms with Crippen molar-refractivity contribution in [1.29, 1.82) is 0 Å². The van der Waals surface area contributed by atoms with Crippen molar-refractivity contribution in [3.8, 4) is 0 Å². The molecular formula is C6H16N2O. The van der Waals surface area contributed by atoms with Crippen molar-refractivity contribution >= 4 is 0 Å². The van der Waals surface area contributed by atoms with E-state index in [1.165, 1.54) is 0 Å². The van der Waals surface area contributed by atoms with E-state index in [4.69, 9.17) is 10.6 Å². The van der Waals surface area contributed by atoms with Gasteiger partial charge in [-0.2, -0.15) is 0 Å². The number of ether oxygens (including phenoxy) is 1. The molecule has 0 fully saturated rings. The van der Waals surface area contributed by atoms with Crippen LogP contribution in [0.2, 0.25) is 0 Å². The van der Waals surface area contributed by atoms with Gasteiger partial charge in [-0.05, 0) is 5.92 Å². The van der Waals surface area contributed by atoms with Gasteiger partial charge in [-0.25, -0.2) is 5.01 Å². The molecule has 0 spiro atoms. The van der Waals surface area contributed by atoms with E-state index in [0.717, 1.165) is 13.2 Å². The molecule has 0 heterocycles. The van der Waals surface area contributed by atoms with Crippen LogP contribution < -0.4 is 5.84 Å². The summed E-state index contributed by atoms with van der Waals surface area (Å²) in [4.78, 5) is 0. The predicted octanol–water partition coefficient (Wildman–Crippen LogP) is 0.0744. The Kier molecular flexibility index (Phi) is 4.67. The maximum atomic E-state index is 5.40. The summed E-state index contributed by atoms with van der Waals surface area (Å²) in [6, 6.07) is 0. The molecule has 0 aliphatic carbocycles. The van der Waals surface area contributed by atoms with Crippen molar-refractivity contribution in [3.63, 3.8) is 0 Å². The van der Waals surface area contributed by atoms with Gasteiger partial charge in [0.15, 0.2) is 0 Å². The minimum absolute atomic E-state index is 0.519. The number of hydrogen-bond donors (Lipinski definition) is 1. The van der Waals surface area contributed by atoms with E-state index in [1.54, 1.807) is 12.1 Å². The molecule has 2 N–H and O–H groups in total. The summed E-state index contributed by atoms with van der Waals surface area (Å²) in [5, 5.41) is 1.67. The van der Waals surface area contributed by atoms with Crippen LogP contribution in [0.15, 0.2) is 0 Å². The van der Waals surface area contributed by atoms with Crippen LogP contribution >= 0.6 is 0 Å². The Bertz CT molecular complexity index is 66.1. The number of hydrogen-bond acceptors (Lipinski definition) is 3. The van der Waals surface area contributed by atoms with Gasteiger partial charge in [-0.3, -0.25) is 5.84 Å². The molecule has 56 valence electrons. The zero-order chi connectivity index (χ0) is 7.28. The first kappa shape index (κ1) is 8.88. The van der Waals surface area contributed by atoms with E-state index in [9.17, 15) is 0 Å². The highest BCUT2D eigenvalue weighted by Gasteiger charge is 2.01. The molecule has 1 atom stereocenters. The van der Waals surface area contributed by atoms with Crippen LogP contribution in [0, 0.1) is 5.92 Å². The first-order chi connectivity index (χ1) is 4.16. The lowest BCUT2D eigenvalue weighted by molar-refractivity contribution is 0.138. The van der Waals surface area contributed by atoms with Gasteiger partial charge in [0.25, 0.3) is 0 Å². The summed E-state index contributed by atoms with van der Waals surface area (Å²) in [5.41, 5.74) is 0. The standard InChI is InChI=1S/C6H16N2O/c1-6(5-9-3)4-8(2)7/h6H,4-5,7H2,1-3H3. The second kappa shape index (κ2) is 4.73. The zero-order valence-corrected chi connectivity index (χ0v) is 6.42. The highest BCUT2D eigenvalue weighted by Crippen LogP contribution is 1.93. The van der Waals surface area contributed by atoms with Crippen molar-refractivity contribution in [1.82, 2.24) is 5.01 Å². The Balaban J connectivity index is 3.15. The van der Waals surface area contributed by atoms with Gasteiger partial charge in [0.2, 0.25) is 0 Å². The van der Waals surface area contributed by atoms with Gasteiger partial charge in [-0.15, -0.1) is 0 Å². The minimum Gasteiger partial charge on any atom is -0.384 e. The van der Waals surface area contributed by atoms with E-state index >= 15 is 0 Å². The Labute approximate surface area is 56.7 Å². The van der Waals surface area contributed by atoms with E-state index in [1.807, 2.05) is 7.05 Å². The first-order valence-corrected chi connectivity index (χ1v) is 3.11. The summed E-state index contributed by atoms with van der Waals surface area (Å²) < 4.78 is 4.92. The Morgan fingerprint density at radius 2 is 2.22 bits per heavy atom. The number of nitrogens with two attached hydrogens (primary N) is 1. The lowest BCUT2D eigenvalue weighted by atomic mass is 10.2. The van der Waals surface area contributed by atoms with E-state index in [0.29, 0.717) is 5.92 Å². The van der Waals surface area contributed by atoms with Crippen LogP contribution in [0.4, 0.5) is 0 Å². The molecule has 0 aliphatic rings. The molecule has 0 amide bonds. The highest BCUT2D eigenvalue weighted by atomic mass is 16.5. The summed E-state index contributed by atoms with van der Waals surface area (Å²) in [5.74, 6) is 5.92. The monoisotopic (exact) mass is 132 g/mol. The van der Waals surface area contributed by atoms with Crippen molar-refractivity contribution in [2.45, 2.75) is 6.92 Å². The Hall–Kier alpha value is -0.120. The van der Waals surface area contributed by atoms with Crippen LogP contribution in [0.5, 0.6) is 0 Å². The fourth-order valence-electron chi connectivity index (χ4n) is 0.829. The Morgan fingerprint density at radius 3 is 2.56 bits per heavy atom. The third-order valence-electron chi connectivity index (χ3n) is 1.05. The molecule has 0 rings (SSSR count). The molecular weight excluding hydrogens is 116 g/mol. The molecule has 0 aliphatic heterocycles. The van der Waals surface area contributed by atoms with Crippen molar-refractivity contribution < 1.29 is 4.74 Å². The Morgan fingerprint density at radius 1 is 1.67 bits per heavy atom. The van der Waals surface area contributed by atoms with Gasteiger partial charge in [0.1, 0.15) is 0 Å². The first-order valence-electron chi connectivity index (χ1n) is 3.11. The van der Waals surface area contributed by atoms with Gasteiger partial charge in [0.05, 0.1) is 6.61 Å². The number of nitrogens with zero attached hydrogens (tertiary/aromatic N) is 1. The van der Waals surface area contributed by atoms with Gasteiger partial charge in [-0.1, -0.05) is 6.92 Å². The molecule has 0 saturated carbocycles. The average molecular weight is 132 g/mol. The SMILES string of the molecule is COCC(C)CN(C)N. The minimum atomic E-state index is 0.519. The summed E-state index contributed by atoms with van der Waals surface area (Å²) in [6.45, 7) is 3.77. The maximum Gasteiger partial charge on any atom is 0.0500 e. The fourth-order valence-corrected chi connectivity index (χ4v) is 0.829. The third-order valence-corrected chi connectivity index (χ3v) is 1.05. The fraction of sp³-hybridized carbons (Fsp3) is 1.00. The van der Waals surface area contributed by atoms with Crippen molar-refractivity contribution in [2.24, 2.45) is 11.8 Å². The van der Waals surface area contributed by atoms with Crippen LogP contribution in [0.25, 0.3) is 0 Å². The van der Waals surface area contributed by atoms with Crippen molar-refractivity contribution in [2.75, 3.05) is 27.3 Å². The van der Waals surface area contributed by atoms with Crippen molar-refractivity contribution in [3.05, 3.63) is 0 Å². The predicted molar refractivity (Wildman–Crippen MR) is 37.9 cm³/mol. The molecule has 1 unspecified atom stereocenters. The van der Waals surface area contributed by atoms with Crippen LogP contribution in [-0.4, -0.2) is 32.3 Å². The summed E-state index contributed by atoms with van der Waals surface area (Å²) in [6.07, 6.45) is 0.